The number of anilines is 1. The highest BCUT2D eigenvalue weighted by Crippen LogP contribution is 2.31. The van der Waals surface area contributed by atoms with Gasteiger partial charge in [-0.3, -0.25) is 9.48 Å². The molecule has 1 fully saturated rings. The summed E-state index contributed by atoms with van der Waals surface area (Å²) < 4.78 is 30.4. The van der Waals surface area contributed by atoms with Gasteiger partial charge in [0.1, 0.15) is 5.76 Å². The van der Waals surface area contributed by atoms with E-state index in [1.54, 1.807) is 17.7 Å². The number of carbonyl (C=O) groups excluding carboxylic acids is 1. The first-order chi connectivity index (χ1) is 11.9. The van der Waals surface area contributed by atoms with E-state index >= 15 is 0 Å². The molecule has 1 N–H and O–H groups in total. The van der Waals surface area contributed by atoms with Crippen molar-refractivity contribution in [1.82, 2.24) is 14.9 Å². The molecule has 2 aromatic rings. The lowest BCUT2D eigenvalue weighted by Crippen LogP contribution is -2.17. The molecule has 1 aliphatic carbocycles. The van der Waals surface area contributed by atoms with Crippen LogP contribution in [0.3, 0.4) is 0 Å². The van der Waals surface area contributed by atoms with Gasteiger partial charge in [-0.25, -0.2) is 8.42 Å². The number of aromatic nitrogens is 3. The van der Waals surface area contributed by atoms with E-state index in [9.17, 15) is 13.2 Å². The fourth-order valence-electron chi connectivity index (χ4n) is 3.68. The van der Waals surface area contributed by atoms with Gasteiger partial charge in [-0.05, 0) is 39.0 Å². The Bertz CT molecular complexity index is 928. The zero-order chi connectivity index (χ0) is 17.6. The number of hydrogen-bond acceptors (Lipinski definition) is 6. The van der Waals surface area contributed by atoms with Crippen LogP contribution in [0.15, 0.2) is 10.6 Å². The SMILES string of the molecule is Cc1cc(NC(=O)c2nn([C@@H]3CCS(=O)(=O)C3)c3c2CCCC3)no1. The van der Waals surface area contributed by atoms with Gasteiger partial charge in [-0.15, -0.1) is 0 Å². The summed E-state index contributed by atoms with van der Waals surface area (Å²) in [6.45, 7) is 1.75. The molecule has 8 nitrogen and oxygen atoms in total. The number of fused-ring (bicyclic) bond motifs is 1. The summed E-state index contributed by atoms with van der Waals surface area (Å²) in [5, 5.41) is 11.0. The molecule has 134 valence electrons. The molecule has 2 aliphatic rings. The molecule has 0 bridgehead atoms. The van der Waals surface area contributed by atoms with Gasteiger partial charge in [0.15, 0.2) is 21.3 Å². The minimum Gasteiger partial charge on any atom is -0.360 e. The molecular formula is C16H20N4O4S. The maximum Gasteiger partial charge on any atom is 0.277 e. The van der Waals surface area contributed by atoms with E-state index < -0.39 is 9.84 Å². The third kappa shape index (κ3) is 3.08. The Hall–Kier alpha value is -2.16. The fraction of sp³-hybridized carbons (Fsp3) is 0.562. The lowest BCUT2D eigenvalue weighted by Gasteiger charge is -2.17. The van der Waals surface area contributed by atoms with Crippen molar-refractivity contribution in [2.75, 3.05) is 16.8 Å². The number of rotatable bonds is 3. The quantitative estimate of drug-likeness (QED) is 0.888. The molecule has 25 heavy (non-hydrogen) atoms. The molecule has 0 saturated carbocycles. The molecule has 0 aromatic carbocycles. The number of amides is 1. The van der Waals surface area contributed by atoms with E-state index in [1.807, 2.05) is 0 Å². The Morgan fingerprint density at radius 1 is 1.36 bits per heavy atom. The van der Waals surface area contributed by atoms with Crippen LogP contribution in [0.1, 0.15) is 52.8 Å². The normalized spacial score (nSPS) is 21.9. The zero-order valence-corrected chi connectivity index (χ0v) is 14.8. The molecule has 1 saturated heterocycles. The monoisotopic (exact) mass is 364 g/mol. The molecule has 1 atom stereocenters. The van der Waals surface area contributed by atoms with E-state index in [2.05, 4.69) is 15.6 Å². The van der Waals surface area contributed by atoms with Crippen LogP contribution in [-0.4, -0.2) is 40.8 Å². The third-order valence-corrected chi connectivity index (χ3v) is 6.60. The van der Waals surface area contributed by atoms with Crippen molar-refractivity contribution in [3.63, 3.8) is 0 Å². The summed E-state index contributed by atoms with van der Waals surface area (Å²) >= 11 is 0. The lowest BCUT2D eigenvalue weighted by atomic mass is 9.95. The Morgan fingerprint density at radius 3 is 2.84 bits per heavy atom. The Morgan fingerprint density at radius 2 is 2.16 bits per heavy atom. The highest BCUT2D eigenvalue weighted by molar-refractivity contribution is 7.91. The summed E-state index contributed by atoms with van der Waals surface area (Å²) in [5.74, 6) is 0.923. The van der Waals surface area contributed by atoms with Crippen molar-refractivity contribution in [1.29, 1.82) is 0 Å². The molecular weight excluding hydrogens is 344 g/mol. The molecule has 0 unspecified atom stereocenters. The Balaban J connectivity index is 1.67. The van der Waals surface area contributed by atoms with Gasteiger partial charge in [-0.2, -0.15) is 5.10 Å². The van der Waals surface area contributed by atoms with Crippen molar-refractivity contribution in [3.8, 4) is 0 Å². The first-order valence-corrected chi connectivity index (χ1v) is 10.3. The highest BCUT2D eigenvalue weighted by atomic mass is 32.2. The maximum atomic E-state index is 12.7. The van der Waals surface area contributed by atoms with Crippen LogP contribution in [0.25, 0.3) is 0 Å². The standard InChI is InChI=1S/C16H20N4O4S/c1-10-8-14(19-24-10)17-16(21)15-12-4-2-3-5-13(12)20(18-15)11-6-7-25(22,23)9-11/h8,11H,2-7,9H2,1H3,(H,17,19,21)/t11-/m1/s1. The second kappa shape index (κ2) is 5.98. The number of hydrogen-bond donors (Lipinski definition) is 1. The van der Waals surface area contributed by atoms with Gasteiger partial charge in [0.25, 0.3) is 5.91 Å². The summed E-state index contributed by atoms with van der Waals surface area (Å²) in [4.78, 5) is 12.7. The summed E-state index contributed by atoms with van der Waals surface area (Å²) in [7, 11) is -3.01. The topological polar surface area (TPSA) is 107 Å². The van der Waals surface area contributed by atoms with Crippen LogP contribution in [0.5, 0.6) is 0 Å². The second-order valence-electron chi connectivity index (χ2n) is 6.76. The van der Waals surface area contributed by atoms with Crippen LogP contribution in [0.4, 0.5) is 5.82 Å². The van der Waals surface area contributed by atoms with E-state index in [0.717, 1.165) is 36.9 Å². The number of nitrogens with zero attached hydrogens (tertiary/aromatic N) is 3. The molecule has 0 spiro atoms. The van der Waals surface area contributed by atoms with Crippen molar-refractivity contribution in [2.45, 2.75) is 45.1 Å². The van der Waals surface area contributed by atoms with Crippen LogP contribution in [0.2, 0.25) is 0 Å². The predicted molar refractivity (Wildman–Crippen MR) is 90.4 cm³/mol. The molecule has 2 aromatic heterocycles. The first kappa shape index (κ1) is 16.3. The van der Waals surface area contributed by atoms with Crippen molar-refractivity contribution >= 4 is 21.6 Å². The number of carbonyl (C=O) groups is 1. The van der Waals surface area contributed by atoms with E-state index in [0.29, 0.717) is 23.7 Å². The zero-order valence-electron chi connectivity index (χ0n) is 14.0. The number of nitrogens with one attached hydrogen (secondary N) is 1. The van der Waals surface area contributed by atoms with Crippen molar-refractivity contribution in [2.24, 2.45) is 0 Å². The average molecular weight is 364 g/mol. The van der Waals surface area contributed by atoms with Gasteiger partial charge in [0, 0.05) is 17.3 Å². The smallest absolute Gasteiger partial charge is 0.277 e. The molecule has 3 heterocycles. The summed E-state index contributed by atoms with van der Waals surface area (Å²) in [6, 6.07) is 1.47. The van der Waals surface area contributed by atoms with Gasteiger partial charge in [0.2, 0.25) is 0 Å². The molecule has 1 amide bonds. The van der Waals surface area contributed by atoms with Gasteiger partial charge in [-0.1, -0.05) is 5.16 Å². The maximum absolute atomic E-state index is 12.7. The van der Waals surface area contributed by atoms with Gasteiger partial charge >= 0.3 is 0 Å². The predicted octanol–water partition coefficient (Wildman–Crippen LogP) is 1.67. The van der Waals surface area contributed by atoms with Crippen LogP contribution < -0.4 is 5.32 Å². The van der Waals surface area contributed by atoms with Crippen LogP contribution in [0, 0.1) is 6.92 Å². The van der Waals surface area contributed by atoms with Crippen LogP contribution in [-0.2, 0) is 22.7 Å². The largest absolute Gasteiger partial charge is 0.360 e. The minimum atomic E-state index is -3.01. The Labute approximate surface area is 145 Å². The minimum absolute atomic E-state index is 0.102. The number of aryl methyl sites for hydroxylation is 1. The number of sulfone groups is 1. The van der Waals surface area contributed by atoms with Gasteiger partial charge < -0.3 is 9.84 Å². The average Bonchev–Trinajstić information content (AvgIpc) is 3.24. The van der Waals surface area contributed by atoms with E-state index in [1.165, 1.54) is 0 Å². The lowest BCUT2D eigenvalue weighted by molar-refractivity contribution is 0.101. The van der Waals surface area contributed by atoms with Crippen LogP contribution >= 0.6 is 0 Å². The molecule has 1 aliphatic heterocycles. The fourth-order valence-corrected chi connectivity index (χ4v) is 5.37. The summed E-state index contributed by atoms with van der Waals surface area (Å²) in [5.41, 5.74) is 2.32. The summed E-state index contributed by atoms with van der Waals surface area (Å²) in [6.07, 6.45) is 4.21. The second-order valence-corrected chi connectivity index (χ2v) is 8.99. The first-order valence-electron chi connectivity index (χ1n) is 8.48. The Kier molecular flexibility index (Phi) is 3.90. The van der Waals surface area contributed by atoms with Crippen molar-refractivity contribution in [3.05, 3.63) is 28.8 Å². The molecule has 4 rings (SSSR count). The van der Waals surface area contributed by atoms with Gasteiger partial charge in [0.05, 0.1) is 17.5 Å². The third-order valence-electron chi connectivity index (χ3n) is 4.85. The van der Waals surface area contributed by atoms with Crippen molar-refractivity contribution < 1.29 is 17.7 Å². The van der Waals surface area contributed by atoms with E-state index in [4.69, 9.17) is 4.52 Å². The molecule has 9 heteroatoms. The van der Waals surface area contributed by atoms with E-state index in [-0.39, 0.29) is 23.5 Å². The molecule has 0 radical (unpaired) electrons. The highest BCUT2D eigenvalue weighted by Gasteiger charge is 2.34.